The van der Waals surface area contributed by atoms with Crippen molar-refractivity contribution in [3.8, 4) is 16.8 Å². The van der Waals surface area contributed by atoms with Gasteiger partial charge in [-0.15, -0.1) is 11.8 Å². The van der Waals surface area contributed by atoms with Crippen molar-refractivity contribution in [3.05, 3.63) is 90.1 Å². The van der Waals surface area contributed by atoms with Crippen LogP contribution in [-0.2, 0) is 4.79 Å². The molecule has 4 rings (SSSR count). The number of aromatic nitrogens is 2. The molecular formula is C30H33N5O2S. The summed E-state index contributed by atoms with van der Waals surface area (Å²) in [5, 5.41) is 10.8. The molecule has 3 amide bonds. The van der Waals surface area contributed by atoms with Gasteiger partial charge in [-0.25, -0.2) is 9.48 Å². The van der Waals surface area contributed by atoms with Crippen molar-refractivity contribution < 1.29 is 9.59 Å². The van der Waals surface area contributed by atoms with Gasteiger partial charge in [-0.3, -0.25) is 4.79 Å². The van der Waals surface area contributed by atoms with E-state index in [-0.39, 0.29) is 18.5 Å². The molecule has 0 aliphatic rings. The lowest BCUT2D eigenvalue weighted by Crippen LogP contribution is -2.41. The van der Waals surface area contributed by atoms with Gasteiger partial charge in [0.25, 0.3) is 0 Å². The van der Waals surface area contributed by atoms with Gasteiger partial charge in [0.15, 0.2) is 0 Å². The van der Waals surface area contributed by atoms with Gasteiger partial charge in [-0.2, -0.15) is 5.10 Å². The van der Waals surface area contributed by atoms with E-state index in [0.29, 0.717) is 18.1 Å². The molecule has 0 fully saturated rings. The summed E-state index contributed by atoms with van der Waals surface area (Å²) in [5.41, 5.74) is 5.26. The monoisotopic (exact) mass is 527 g/mol. The van der Waals surface area contributed by atoms with Crippen LogP contribution >= 0.6 is 11.8 Å². The molecule has 7 nitrogen and oxygen atoms in total. The number of urea groups is 1. The van der Waals surface area contributed by atoms with Crippen LogP contribution in [0.25, 0.3) is 16.8 Å². The van der Waals surface area contributed by atoms with E-state index in [1.807, 2.05) is 106 Å². The molecule has 0 atom stereocenters. The largest absolute Gasteiger partial charge is 0.322 e. The third-order valence-corrected chi connectivity index (χ3v) is 6.86. The fraction of sp³-hybridized carbons (Fsp3) is 0.233. The van der Waals surface area contributed by atoms with Gasteiger partial charge in [0, 0.05) is 22.7 Å². The smallest absolute Gasteiger partial charge is 0.315 e. The summed E-state index contributed by atoms with van der Waals surface area (Å²) in [6.45, 7) is 6.30. The summed E-state index contributed by atoms with van der Waals surface area (Å²) in [6, 6.07) is 25.2. The average molecular weight is 528 g/mol. The zero-order chi connectivity index (χ0) is 27.1. The first kappa shape index (κ1) is 27.0. The highest BCUT2D eigenvalue weighted by Crippen LogP contribution is 2.33. The molecule has 4 aromatic rings. The van der Waals surface area contributed by atoms with Crippen LogP contribution in [-0.4, -0.2) is 46.0 Å². The Balaban J connectivity index is 1.59. The molecule has 8 heteroatoms. The van der Waals surface area contributed by atoms with Crippen LogP contribution in [0, 0.1) is 13.8 Å². The molecule has 0 unspecified atom stereocenters. The molecule has 3 aromatic carbocycles. The minimum atomic E-state index is -0.314. The summed E-state index contributed by atoms with van der Waals surface area (Å²) in [6.07, 6.45) is 2.73. The second-order valence-corrected chi connectivity index (χ2v) is 9.93. The number of thioether (sulfide) groups is 1. The van der Waals surface area contributed by atoms with Crippen molar-refractivity contribution in [1.82, 2.24) is 14.7 Å². The van der Waals surface area contributed by atoms with Crippen LogP contribution < -0.4 is 10.6 Å². The maximum absolute atomic E-state index is 13.4. The van der Waals surface area contributed by atoms with Gasteiger partial charge < -0.3 is 15.5 Å². The van der Waals surface area contributed by atoms with Gasteiger partial charge in [0.2, 0.25) is 5.91 Å². The van der Waals surface area contributed by atoms with Crippen molar-refractivity contribution in [2.75, 3.05) is 30.0 Å². The summed E-state index contributed by atoms with van der Waals surface area (Å²) < 4.78 is 1.76. The Labute approximate surface area is 228 Å². The quantitative estimate of drug-likeness (QED) is 0.236. The molecule has 1 aromatic heterocycles. The lowest BCUT2D eigenvalue weighted by molar-refractivity contribution is -0.116. The summed E-state index contributed by atoms with van der Waals surface area (Å²) >= 11 is 1.64. The summed E-state index contributed by atoms with van der Waals surface area (Å²) in [5.74, 6) is 0.281. The molecule has 1 heterocycles. The third-order valence-electron chi connectivity index (χ3n) is 6.12. The second kappa shape index (κ2) is 12.5. The Morgan fingerprint density at radius 2 is 1.61 bits per heavy atom. The van der Waals surface area contributed by atoms with E-state index < -0.39 is 0 Å². The van der Waals surface area contributed by atoms with Crippen molar-refractivity contribution in [2.45, 2.75) is 32.1 Å². The van der Waals surface area contributed by atoms with Gasteiger partial charge in [-0.1, -0.05) is 55.0 Å². The fourth-order valence-corrected chi connectivity index (χ4v) is 4.62. The number of rotatable bonds is 9. The Morgan fingerprint density at radius 3 is 2.24 bits per heavy atom. The normalized spacial score (nSPS) is 10.7. The molecule has 38 heavy (non-hydrogen) atoms. The molecule has 0 aliphatic heterocycles. The molecule has 2 N–H and O–H groups in total. The molecule has 0 bridgehead atoms. The molecule has 0 saturated heterocycles. The third kappa shape index (κ3) is 6.44. The number of hydrogen-bond donors (Lipinski definition) is 2. The minimum Gasteiger partial charge on any atom is -0.315 e. The predicted octanol–water partition coefficient (Wildman–Crippen LogP) is 6.76. The van der Waals surface area contributed by atoms with E-state index in [0.717, 1.165) is 39.4 Å². The maximum atomic E-state index is 13.4. The van der Waals surface area contributed by atoms with Crippen LogP contribution in [0.1, 0.15) is 24.6 Å². The number of carbonyl (C=O) groups excluding carboxylic acids is 2. The SMILES string of the molecule is CCCN(CC(=O)Nc1c(-c2ccccc2)c(C)nn1-c1ccc(C)cc1)C(=O)Nc1ccc(SC)cc1. The van der Waals surface area contributed by atoms with E-state index in [4.69, 9.17) is 5.10 Å². The molecule has 196 valence electrons. The van der Waals surface area contributed by atoms with E-state index in [9.17, 15) is 9.59 Å². The highest BCUT2D eigenvalue weighted by molar-refractivity contribution is 7.98. The van der Waals surface area contributed by atoms with Crippen LogP contribution in [0.3, 0.4) is 0 Å². The summed E-state index contributed by atoms with van der Waals surface area (Å²) in [4.78, 5) is 29.1. The van der Waals surface area contributed by atoms with Crippen LogP contribution in [0.5, 0.6) is 0 Å². The number of nitrogens with one attached hydrogen (secondary N) is 2. The lowest BCUT2D eigenvalue weighted by atomic mass is 10.1. The first-order valence-electron chi connectivity index (χ1n) is 12.6. The van der Waals surface area contributed by atoms with Gasteiger partial charge >= 0.3 is 6.03 Å². The van der Waals surface area contributed by atoms with E-state index in [1.165, 1.54) is 4.90 Å². The molecule has 0 radical (unpaired) electrons. The van der Waals surface area contributed by atoms with Crippen molar-refractivity contribution in [2.24, 2.45) is 0 Å². The minimum absolute atomic E-state index is 0.0884. The van der Waals surface area contributed by atoms with Crippen molar-refractivity contribution >= 4 is 35.2 Å². The van der Waals surface area contributed by atoms with Gasteiger partial charge in [0.05, 0.1) is 11.4 Å². The first-order valence-corrected chi connectivity index (χ1v) is 13.8. The first-order chi connectivity index (χ1) is 18.4. The number of aryl methyl sites for hydroxylation is 2. The Kier molecular flexibility index (Phi) is 8.86. The Morgan fingerprint density at radius 1 is 0.921 bits per heavy atom. The number of hydrogen-bond acceptors (Lipinski definition) is 4. The van der Waals surface area contributed by atoms with Crippen LogP contribution in [0.4, 0.5) is 16.3 Å². The molecule has 0 spiro atoms. The fourth-order valence-electron chi connectivity index (χ4n) is 4.21. The standard InChI is InChI=1S/C30H33N5O2S/c1-5-19-34(30(37)31-24-13-17-26(38-4)18-14-24)20-27(36)32-29-28(23-9-7-6-8-10-23)22(3)33-35(29)25-15-11-21(2)12-16-25/h6-18H,5,19-20H2,1-4H3,(H,31,37)(H,32,36). The number of anilines is 2. The molecule has 0 aliphatic carbocycles. The van der Waals surface area contributed by atoms with E-state index in [1.54, 1.807) is 16.4 Å². The van der Waals surface area contributed by atoms with E-state index >= 15 is 0 Å². The molecule has 0 saturated carbocycles. The lowest BCUT2D eigenvalue weighted by Gasteiger charge is -2.22. The highest BCUT2D eigenvalue weighted by Gasteiger charge is 2.22. The van der Waals surface area contributed by atoms with Crippen molar-refractivity contribution in [1.29, 1.82) is 0 Å². The Hall–Kier alpha value is -4.04. The number of nitrogens with zero attached hydrogens (tertiary/aromatic N) is 3. The highest BCUT2D eigenvalue weighted by atomic mass is 32.2. The van der Waals surface area contributed by atoms with Gasteiger partial charge in [-0.05, 0) is 68.5 Å². The van der Waals surface area contributed by atoms with E-state index in [2.05, 4.69) is 10.6 Å². The Bertz CT molecular complexity index is 1380. The average Bonchev–Trinajstić information content (AvgIpc) is 3.24. The van der Waals surface area contributed by atoms with Gasteiger partial charge in [0.1, 0.15) is 12.4 Å². The summed E-state index contributed by atoms with van der Waals surface area (Å²) in [7, 11) is 0. The number of carbonyl (C=O) groups is 2. The molecular weight excluding hydrogens is 494 g/mol. The van der Waals surface area contributed by atoms with Crippen molar-refractivity contribution in [3.63, 3.8) is 0 Å². The predicted molar refractivity (Wildman–Crippen MR) is 156 cm³/mol. The maximum Gasteiger partial charge on any atom is 0.322 e. The zero-order valence-electron chi connectivity index (χ0n) is 22.2. The topological polar surface area (TPSA) is 79.3 Å². The number of amides is 3. The second-order valence-electron chi connectivity index (χ2n) is 9.05. The van der Waals surface area contributed by atoms with Crippen LogP contribution in [0.15, 0.2) is 83.8 Å². The number of benzene rings is 3. The van der Waals surface area contributed by atoms with Crippen LogP contribution in [0.2, 0.25) is 0 Å². The zero-order valence-corrected chi connectivity index (χ0v) is 23.0.